The van der Waals surface area contributed by atoms with Crippen LogP contribution in [0.15, 0.2) is 64.1 Å². The van der Waals surface area contributed by atoms with Crippen molar-refractivity contribution in [3.63, 3.8) is 0 Å². The first kappa shape index (κ1) is 14.6. The fraction of sp³-hybridized carbons (Fsp3) is 0.0625. The molecule has 0 aliphatic heterocycles. The Hall–Kier alpha value is -3.35. The van der Waals surface area contributed by atoms with E-state index in [0.29, 0.717) is 5.76 Å². The van der Waals surface area contributed by atoms with Crippen LogP contribution < -0.4 is 10.9 Å². The third-order valence-electron chi connectivity index (χ3n) is 3.13. The van der Waals surface area contributed by atoms with Crippen molar-refractivity contribution in [3.8, 4) is 5.75 Å². The molecule has 2 N–H and O–H groups in total. The molecule has 3 aromatic rings. The topological polar surface area (TPSA) is 97.4 Å². The van der Waals surface area contributed by atoms with Gasteiger partial charge in [0, 0.05) is 18.5 Å². The Labute approximate surface area is 130 Å². The molecule has 0 atom stereocenters. The molecule has 0 aliphatic rings. The predicted molar refractivity (Wildman–Crippen MR) is 82.4 cm³/mol. The average molecular weight is 311 g/mol. The van der Waals surface area contributed by atoms with Gasteiger partial charge in [0.1, 0.15) is 5.76 Å². The SMILES string of the molecule is O=C(Nc1ncccc1O)c1ccc(Cn2ccccc2=O)o1. The number of carbonyl (C=O) groups is 1. The Morgan fingerprint density at radius 2 is 2.09 bits per heavy atom. The summed E-state index contributed by atoms with van der Waals surface area (Å²) >= 11 is 0. The zero-order valence-corrected chi connectivity index (χ0v) is 12.0. The van der Waals surface area contributed by atoms with Crippen molar-refractivity contribution < 1.29 is 14.3 Å². The molecule has 3 heterocycles. The summed E-state index contributed by atoms with van der Waals surface area (Å²) in [5.41, 5.74) is -0.159. The molecule has 23 heavy (non-hydrogen) atoms. The van der Waals surface area contributed by atoms with E-state index < -0.39 is 5.91 Å². The Kier molecular flexibility index (Phi) is 3.92. The lowest BCUT2D eigenvalue weighted by atomic mass is 10.3. The zero-order chi connectivity index (χ0) is 16.2. The van der Waals surface area contributed by atoms with Crippen molar-refractivity contribution in [3.05, 3.63) is 76.7 Å². The Morgan fingerprint density at radius 1 is 1.22 bits per heavy atom. The summed E-state index contributed by atoms with van der Waals surface area (Å²) in [6, 6.07) is 10.9. The van der Waals surface area contributed by atoms with E-state index >= 15 is 0 Å². The van der Waals surface area contributed by atoms with Crippen molar-refractivity contribution in [2.45, 2.75) is 6.54 Å². The number of rotatable bonds is 4. The number of nitrogens with one attached hydrogen (secondary N) is 1. The van der Waals surface area contributed by atoms with Gasteiger partial charge in [0.15, 0.2) is 17.3 Å². The van der Waals surface area contributed by atoms with Gasteiger partial charge in [0.2, 0.25) is 0 Å². The monoisotopic (exact) mass is 311 g/mol. The molecule has 0 aromatic carbocycles. The maximum atomic E-state index is 12.1. The van der Waals surface area contributed by atoms with Gasteiger partial charge in [0.05, 0.1) is 6.54 Å². The van der Waals surface area contributed by atoms with Gasteiger partial charge in [-0.15, -0.1) is 0 Å². The first-order valence-corrected chi connectivity index (χ1v) is 6.83. The lowest BCUT2D eigenvalue weighted by Gasteiger charge is -2.04. The van der Waals surface area contributed by atoms with Gasteiger partial charge in [-0.05, 0) is 30.3 Å². The molecule has 1 amide bonds. The highest BCUT2D eigenvalue weighted by molar-refractivity contribution is 6.02. The standard InChI is InChI=1S/C16H13N3O4/c20-12-4-3-8-17-15(12)18-16(22)13-7-6-11(23-13)10-19-9-2-1-5-14(19)21/h1-9,20H,10H2,(H,17,18,22). The molecule has 0 spiro atoms. The minimum absolute atomic E-state index is 0.0507. The van der Waals surface area contributed by atoms with Crippen LogP contribution in [0.1, 0.15) is 16.3 Å². The lowest BCUT2D eigenvalue weighted by Crippen LogP contribution is -2.18. The van der Waals surface area contributed by atoms with Crippen LogP contribution >= 0.6 is 0 Å². The summed E-state index contributed by atoms with van der Waals surface area (Å²) < 4.78 is 6.90. The van der Waals surface area contributed by atoms with E-state index in [9.17, 15) is 14.7 Å². The zero-order valence-electron chi connectivity index (χ0n) is 12.0. The molecule has 0 radical (unpaired) electrons. The third kappa shape index (κ3) is 3.29. The lowest BCUT2D eigenvalue weighted by molar-refractivity contribution is 0.0994. The number of aromatic nitrogens is 2. The predicted octanol–water partition coefficient (Wildman–Crippen LogP) is 1.84. The Bertz CT molecular complexity index is 898. The molecular formula is C16H13N3O4. The van der Waals surface area contributed by atoms with Crippen LogP contribution in [0.4, 0.5) is 5.82 Å². The molecule has 7 nitrogen and oxygen atoms in total. The van der Waals surface area contributed by atoms with E-state index in [-0.39, 0.29) is 29.4 Å². The van der Waals surface area contributed by atoms with E-state index in [1.54, 1.807) is 30.5 Å². The van der Waals surface area contributed by atoms with E-state index in [2.05, 4.69) is 10.3 Å². The van der Waals surface area contributed by atoms with Gasteiger partial charge in [-0.2, -0.15) is 0 Å². The number of furan rings is 1. The molecular weight excluding hydrogens is 298 g/mol. The largest absolute Gasteiger partial charge is 0.504 e. The number of anilines is 1. The maximum Gasteiger partial charge on any atom is 0.292 e. The van der Waals surface area contributed by atoms with Crippen molar-refractivity contribution in [1.82, 2.24) is 9.55 Å². The highest BCUT2D eigenvalue weighted by Crippen LogP contribution is 2.19. The van der Waals surface area contributed by atoms with Gasteiger partial charge >= 0.3 is 0 Å². The van der Waals surface area contributed by atoms with Crippen molar-refractivity contribution in [1.29, 1.82) is 0 Å². The third-order valence-corrected chi connectivity index (χ3v) is 3.13. The van der Waals surface area contributed by atoms with Crippen LogP contribution in [0.5, 0.6) is 5.75 Å². The van der Waals surface area contributed by atoms with Crippen LogP contribution in [0.25, 0.3) is 0 Å². The number of hydrogen-bond acceptors (Lipinski definition) is 5. The summed E-state index contributed by atoms with van der Waals surface area (Å²) in [6.07, 6.45) is 3.08. The molecule has 0 saturated heterocycles. The second kappa shape index (κ2) is 6.18. The number of nitrogens with zero attached hydrogens (tertiary/aromatic N) is 2. The molecule has 3 rings (SSSR count). The number of hydrogen-bond donors (Lipinski definition) is 2. The first-order valence-electron chi connectivity index (χ1n) is 6.83. The minimum atomic E-state index is -0.536. The van der Waals surface area contributed by atoms with Crippen LogP contribution in [0.2, 0.25) is 0 Å². The molecule has 0 bridgehead atoms. The smallest absolute Gasteiger partial charge is 0.292 e. The Balaban J connectivity index is 1.74. The fourth-order valence-electron chi connectivity index (χ4n) is 2.01. The highest BCUT2D eigenvalue weighted by Gasteiger charge is 2.14. The maximum absolute atomic E-state index is 12.1. The molecule has 116 valence electrons. The highest BCUT2D eigenvalue weighted by atomic mass is 16.4. The Morgan fingerprint density at radius 3 is 2.87 bits per heavy atom. The molecule has 7 heteroatoms. The van der Waals surface area contributed by atoms with Crippen LogP contribution in [-0.4, -0.2) is 20.6 Å². The van der Waals surface area contributed by atoms with Crippen LogP contribution in [-0.2, 0) is 6.54 Å². The first-order chi connectivity index (χ1) is 11.1. The number of aromatic hydroxyl groups is 1. The number of amides is 1. The van der Waals surface area contributed by atoms with Gasteiger partial charge in [0.25, 0.3) is 11.5 Å². The number of carbonyl (C=O) groups excluding carboxylic acids is 1. The molecule has 0 fully saturated rings. The van der Waals surface area contributed by atoms with E-state index in [1.807, 2.05) is 0 Å². The van der Waals surface area contributed by atoms with Crippen molar-refractivity contribution in [2.75, 3.05) is 5.32 Å². The summed E-state index contributed by atoms with van der Waals surface area (Å²) in [6.45, 7) is 0.224. The average Bonchev–Trinajstić information content (AvgIpc) is 3.01. The quantitative estimate of drug-likeness (QED) is 0.766. The van der Waals surface area contributed by atoms with Crippen LogP contribution in [0.3, 0.4) is 0 Å². The van der Waals surface area contributed by atoms with Gasteiger partial charge < -0.3 is 19.4 Å². The van der Waals surface area contributed by atoms with Gasteiger partial charge in [-0.1, -0.05) is 6.07 Å². The van der Waals surface area contributed by atoms with Gasteiger partial charge in [-0.3, -0.25) is 9.59 Å². The summed E-state index contributed by atoms with van der Waals surface area (Å²) in [5, 5.41) is 12.0. The fourth-order valence-corrected chi connectivity index (χ4v) is 2.01. The summed E-state index contributed by atoms with van der Waals surface area (Å²) in [7, 11) is 0. The summed E-state index contributed by atoms with van der Waals surface area (Å²) in [5.74, 6) is -0.0911. The number of pyridine rings is 2. The molecule has 0 saturated carbocycles. The van der Waals surface area contributed by atoms with E-state index in [1.165, 1.54) is 29.0 Å². The summed E-state index contributed by atoms with van der Waals surface area (Å²) in [4.78, 5) is 27.6. The molecule has 3 aromatic heterocycles. The van der Waals surface area contributed by atoms with Crippen molar-refractivity contribution in [2.24, 2.45) is 0 Å². The molecule has 0 unspecified atom stereocenters. The molecule has 0 aliphatic carbocycles. The minimum Gasteiger partial charge on any atom is -0.504 e. The van der Waals surface area contributed by atoms with E-state index in [4.69, 9.17) is 4.42 Å². The second-order valence-corrected chi connectivity index (χ2v) is 4.76. The van der Waals surface area contributed by atoms with Gasteiger partial charge in [-0.25, -0.2) is 4.98 Å². The van der Waals surface area contributed by atoms with Crippen molar-refractivity contribution >= 4 is 11.7 Å². The van der Waals surface area contributed by atoms with Crippen LogP contribution in [0, 0.1) is 0 Å². The second-order valence-electron chi connectivity index (χ2n) is 4.76. The normalized spacial score (nSPS) is 10.4. The van der Waals surface area contributed by atoms with E-state index in [0.717, 1.165) is 0 Å².